The summed E-state index contributed by atoms with van der Waals surface area (Å²) in [6, 6.07) is 54.2. The van der Waals surface area contributed by atoms with Crippen molar-refractivity contribution in [3.05, 3.63) is 158 Å². The Bertz CT molecular complexity index is 2890. The van der Waals surface area contributed by atoms with E-state index >= 15 is 0 Å². The molecule has 5 heteroatoms. The van der Waals surface area contributed by atoms with Crippen molar-refractivity contribution in [1.29, 1.82) is 0 Å². The highest BCUT2D eigenvalue weighted by Gasteiger charge is 2.19. The summed E-state index contributed by atoms with van der Waals surface area (Å²) < 4.78 is 6.33. The Hall–Kier alpha value is -6.72. The predicted octanol–water partition coefficient (Wildman–Crippen LogP) is 11.3. The number of furan rings is 1. The maximum Gasteiger partial charge on any atom is 0.227 e. The third-order valence-corrected chi connectivity index (χ3v) is 9.32. The van der Waals surface area contributed by atoms with Crippen LogP contribution in [-0.2, 0) is 0 Å². The second kappa shape index (κ2) is 10.9. The topological polar surface area (TPSA) is 64.7 Å². The highest BCUT2D eigenvalue weighted by Crippen LogP contribution is 2.41. The molecule has 49 heavy (non-hydrogen) atoms. The molecule has 0 unspecified atom stereocenters. The van der Waals surface area contributed by atoms with Crippen LogP contribution in [0.5, 0.6) is 0 Å². The molecular weight excluding hydrogens is 601 g/mol. The first-order valence-corrected chi connectivity index (χ1v) is 16.3. The lowest BCUT2D eigenvalue weighted by atomic mass is 9.92. The van der Waals surface area contributed by atoms with Crippen molar-refractivity contribution in [2.75, 3.05) is 0 Å². The molecule has 0 atom stereocenters. The van der Waals surface area contributed by atoms with Gasteiger partial charge in [0, 0.05) is 32.8 Å². The molecule has 0 saturated heterocycles. The number of aromatic nitrogens is 4. The van der Waals surface area contributed by atoms with Gasteiger partial charge in [-0.3, -0.25) is 0 Å². The van der Waals surface area contributed by atoms with Crippen molar-refractivity contribution in [3.63, 3.8) is 0 Å². The Balaban J connectivity index is 1.19. The van der Waals surface area contributed by atoms with E-state index in [1.807, 2.05) is 54.6 Å². The Labute approximate surface area is 281 Å². The van der Waals surface area contributed by atoms with Gasteiger partial charge in [0.25, 0.3) is 0 Å². The fourth-order valence-electron chi connectivity index (χ4n) is 6.98. The van der Waals surface area contributed by atoms with E-state index in [1.165, 1.54) is 5.39 Å². The van der Waals surface area contributed by atoms with E-state index in [0.29, 0.717) is 23.2 Å². The number of benzene rings is 7. The molecule has 0 N–H and O–H groups in total. The maximum absolute atomic E-state index is 6.33. The Morgan fingerprint density at radius 2 is 1.04 bits per heavy atom. The summed E-state index contributed by atoms with van der Waals surface area (Å²) >= 11 is 0. The van der Waals surface area contributed by atoms with E-state index in [-0.39, 0.29) is 0 Å². The average Bonchev–Trinajstić information content (AvgIpc) is 3.54. The fourth-order valence-corrected chi connectivity index (χ4v) is 6.98. The maximum atomic E-state index is 6.33. The molecule has 3 aromatic heterocycles. The molecule has 10 rings (SSSR count). The zero-order chi connectivity index (χ0) is 32.3. The number of para-hydroxylation sites is 1. The summed E-state index contributed by atoms with van der Waals surface area (Å²) in [7, 11) is 0. The van der Waals surface area contributed by atoms with E-state index in [4.69, 9.17) is 24.4 Å². The van der Waals surface area contributed by atoms with Crippen LogP contribution in [0, 0.1) is 0 Å². The number of hydrogen-bond acceptors (Lipinski definition) is 5. The smallest absolute Gasteiger partial charge is 0.227 e. The van der Waals surface area contributed by atoms with Crippen LogP contribution in [0.25, 0.3) is 99.8 Å². The standard InChI is InChI=1S/C44H26N4O/c1-2-12-28(13-3-1)41-46-42(31-22-21-27-11-4-5-14-29(27)25-31)48-43(47-41)36-24-23-34(32-16-7-8-17-33(32)36)35-18-10-20-39-40(35)37-26-30-15-6-9-19-38(30)45-44(37)49-39/h1-26H. The van der Waals surface area contributed by atoms with Gasteiger partial charge in [0.1, 0.15) is 5.58 Å². The minimum atomic E-state index is 0.627. The summed E-state index contributed by atoms with van der Waals surface area (Å²) in [5, 5.41) is 7.62. The lowest BCUT2D eigenvalue weighted by Gasteiger charge is -2.14. The quantitative estimate of drug-likeness (QED) is 0.194. The summed E-state index contributed by atoms with van der Waals surface area (Å²) in [6.45, 7) is 0. The molecule has 0 spiro atoms. The average molecular weight is 627 g/mol. The van der Waals surface area contributed by atoms with Crippen LogP contribution in [0.15, 0.2) is 162 Å². The molecular formula is C44H26N4O. The largest absolute Gasteiger partial charge is 0.438 e. The molecule has 0 aliphatic carbocycles. The number of rotatable bonds is 4. The number of hydrogen-bond donors (Lipinski definition) is 0. The van der Waals surface area contributed by atoms with Crippen molar-refractivity contribution in [2.24, 2.45) is 0 Å². The van der Waals surface area contributed by atoms with Gasteiger partial charge in [-0.05, 0) is 63.0 Å². The highest BCUT2D eigenvalue weighted by atomic mass is 16.3. The monoisotopic (exact) mass is 626 g/mol. The highest BCUT2D eigenvalue weighted by molar-refractivity contribution is 6.17. The summed E-state index contributed by atoms with van der Waals surface area (Å²) in [6.07, 6.45) is 0. The molecule has 0 fully saturated rings. The first-order chi connectivity index (χ1) is 24.3. The summed E-state index contributed by atoms with van der Waals surface area (Å²) in [5.74, 6) is 1.90. The normalized spacial score (nSPS) is 11.7. The molecule has 0 radical (unpaired) electrons. The van der Waals surface area contributed by atoms with Gasteiger partial charge in [0.05, 0.1) is 5.52 Å². The lowest BCUT2D eigenvalue weighted by molar-refractivity contribution is 0.656. The van der Waals surface area contributed by atoms with E-state index in [1.54, 1.807) is 0 Å². The molecule has 0 aliphatic heterocycles. The number of nitrogens with zero attached hydrogens (tertiary/aromatic N) is 4. The summed E-state index contributed by atoms with van der Waals surface area (Å²) in [4.78, 5) is 20.1. The van der Waals surface area contributed by atoms with E-state index < -0.39 is 0 Å². The van der Waals surface area contributed by atoms with Crippen molar-refractivity contribution >= 4 is 54.5 Å². The van der Waals surface area contributed by atoms with Crippen LogP contribution >= 0.6 is 0 Å². The molecule has 10 aromatic rings. The van der Waals surface area contributed by atoms with Gasteiger partial charge >= 0.3 is 0 Å². The molecule has 0 amide bonds. The third-order valence-electron chi connectivity index (χ3n) is 9.32. The van der Waals surface area contributed by atoms with Gasteiger partial charge in [-0.2, -0.15) is 0 Å². The van der Waals surface area contributed by atoms with Crippen LogP contribution in [0.4, 0.5) is 0 Å². The first-order valence-electron chi connectivity index (χ1n) is 16.3. The van der Waals surface area contributed by atoms with E-state index in [9.17, 15) is 0 Å². The van der Waals surface area contributed by atoms with Gasteiger partial charge in [-0.15, -0.1) is 0 Å². The third kappa shape index (κ3) is 4.55. The van der Waals surface area contributed by atoms with Crippen LogP contribution in [0.3, 0.4) is 0 Å². The molecule has 5 nitrogen and oxygen atoms in total. The van der Waals surface area contributed by atoms with Crippen LogP contribution < -0.4 is 0 Å². The predicted molar refractivity (Wildman–Crippen MR) is 199 cm³/mol. The van der Waals surface area contributed by atoms with E-state index in [0.717, 1.165) is 71.2 Å². The van der Waals surface area contributed by atoms with Crippen LogP contribution in [-0.4, -0.2) is 19.9 Å². The van der Waals surface area contributed by atoms with Gasteiger partial charge in [0.15, 0.2) is 17.5 Å². The second-order valence-corrected chi connectivity index (χ2v) is 12.3. The van der Waals surface area contributed by atoms with Crippen LogP contribution in [0.2, 0.25) is 0 Å². The van der Waals surface area contributed by atoms with Crippen molar-refractivity contribution in [3.8, 4) is 45.3 Å². The minimum absolute atomic E-state index is 0.627. The number of fused-ring (bicyclic) bond motifs is 6. The zero-order valence-corrected chi connectivity index (χ0v) is 26.2. The van der Waals surface area contributed by atoms with Gasteiger partial charge in [0.2, 0.25) is 5.71 Å². The fraction of sp³-hybridized carbons (Fsp3) is 0. The molecule has 0 aliphatic rings. The molecule has 228 valence electrons. The summed E-state index contributed by atoms with van der Waals surface area (Å²) in [5.41, 5.74) is 7.39. The number of pyridine rings is 1. The molecule has 7 aromatic carbocycles. The minimum Gasteiger partial charge on any atom is -0.438 e. The zero-order valence-electron chi connectivity index (χ0n) is 26.2. The Morgan fingerprint density at radius 3 is 1.90 bits per heavy atom. The molecule has 3 heterocycles. The van der Waals surface area contributed by atoms with Crippen LogP contribution in [0.1, 0.15) is 0 Å². The molecule has 0 bridgehead atoms. The Kier molecular flexibility index (Phi) is 6.11. The molecule has 0 saturated carbocycles. The lowest BCUT2D eigenvalue weighted by Crippen LogP contribution is -2.00. The SMILES string of the molecule is c1ccc(-c2nc(-c3ccc4ccccc4c3)nc(-c3ccc(-c4cccc5oc6nc7ccccc7cc6c45)c4ccccc34)n2)cc1. The van der Waals surface area contributed by atoms with Gasteiger partial charge < -0.3 is 4.42 Å². The second-order valence-electron chi connectivity index (χ2n) is 12.3. The van der Waals surface area contributed by atoms with Gasteiger partial charge in [-0.1, -0.05) is 127 Å². The van der Waals surface area contributed by atoms with Crippen molar-refractivity contribution in [2.45, 2.75) is 0 Å². The first kappa shape index (κ1) is 27.4. The van der Waals surface area contributed by atoms with Crippen molar-refractivity contribution in [1.82, 2.24) is 19.9 Å². The van der Waals surface area contributed by atoms with Crippen molar-refractivity contribution < 1.29 is 4.42 Å². The Morgan fingerprint density at radius 1 is 0.367 bits per heavy atom. The van der Waals surface area contributed by atoms with E-state index in [2.05, 4.69) is 103 Å². The van der Waals surface area contributed by atoms with Gasteiger partial charge in [-0.25, -0.2) is 19.9 Å².